The molecular weight excluding hydrogens is 325 g/mol. The monoisotopic (exact) mass is 337 g/mol. The van der Waals surface area contributed by atoms with Crippen LogP contribution in [0.4, 0.5) is 5.82 Å². The van der Waals surface area contributed by atoms with Crippen LogP contribution in [0.2, 0.25) is 0 Å². The van der Waals surface area contributed by atoms with Crippen molar-refractivity contribution in [3.05, 3.63) is 30.5 Å². The molecule has 0 atom stereocenters. The van der Waals surface area contributed by atoms with E-state index in [1.165, 1.54) is 18.3 Å². The van der Waals surface area contributed by atoms with Gasteiger partial charge in [0.2, 0.25) is 10.0 Å². The molecule has 0 amide bonds. The van der Waals surface area contributed by atoms with E-state index in [1.54, 1.807) is 12.1 Å². The number of nitrogens with two attached hydrogens (primary N) is 2. The molecule has 0 radical (unpaired) electrons. The summed E-state index contributed by atoms with van der Waals surface area (Å²) in [6.45, 7) is 0. The van der Waals surface area contributed by atoms with Gasteiger partial charge in [-0.2, -0.15) is 0 Å². The zero-order chi connectivity index (χ0) is 13.3. The summed E-state index contributed by atoms with van der Waals surface area (Å²) in [5.41, 5.74) is 5.23. The van der Waals surface area contributed by atoms with Crippen LogP contribution < -0.4 is 16.2 Å². The number of aromatic nitrogens is 1. The fourth-order valence-corrected chi connectivity index (χ4v) is 2.09. The first kappa shape index (κ1) is 18.4. The second kappa shape index (κ2) is 6.71. The minimum absolute atomic E-state index is 0. The molecule has 0 saturated heterocycles. The van der Waals surface area contributed by atoms with Crippen LogP contribution in [0.5, 0.6) is 0 Å². The number of primary sulfonamides is 1. The van der Waals surface area contributed by atoms with E-state index in [4.69, 9.17) is 16.3 Å². The molecule has 20 heavy (non-hydrogen) atoms. The largest absolute Gasteiger partial charge is 0.370 e. The van der Waals surface area contributed by atoms with Crippen LogP contribution in [0, 0.1) is 5.41 Å². The predicted molar refractivity (Wildman–Crippen MR) is 83.1 cm³/mol. The van der Waals surface area contributed by atoms with Gasteiger partial charge >= 0.3 is 0 Å². The minimum atomic E-state index is -3.78. The zero-order valence-corrected chi connectivity index (χ0v) is 12.5. The number of anilines is 1. The average molecular weight is 338 g/mol. The molecule has 0 saturated carbocycles. The molecule has 0 unspecified atom stereocenters. The summed E-state index contributed by atoms with van der Waals surface area (Å²) in [6, 6.07) is 6.13. The second-order valence-corrected chi connectivity index (χ2v) is 5.19. The lowest BCUT2D eigenvalue weighted by Gasteiger charge is -2.08. The zero-order valence-electron chi connectivity index (χ0n) is 10.0. The summed E-state index contributed by atoms with van der Waals surface area (Å²) in [5.74, 6) is 0.0292. The van der Waals surface area contributed by atoms with Crippen molar-refractivity contribution >= 4 is 57.4 Å². The Morgan fingerprint density at radius 3 is 2.45 bits per heavy atom. The van der Waals surface area contributed by atoms with Crippen molar-refractivity contribution in [3.8, 4) is 0 Å². The number of hydrogen-bond donors (Lipinski definition) is 4. The molecule has 0 spiro atoms. The van der Waals surface area contributed by atoms with Crippen LogP contribution in [-0.4, -0.2) is 19.4 Å². The van der Waals surface area contributed by atoms with Gasteiger partial charge in [0.05, 0.1) is 4.90 Å². The summed E-state index contributed by atoms with van der Waals surface area (Å²) in [4.78, 5) is 3.98. The number of halogens is 2. The molecule has 1 aromatic heterocycles. The Balaban J connectivity index is 0.00000180. The second-order valence-electron chi connectivity index (χ2n) is 3.63. The Morgan fingerprint density at radius 2 is 1.90 bits per heavy atom. The normalized spacial score (nSPS) is 10.2. The summed E-state index contributed by atoms with van der Waals surface area (Å²) in [6.07, 6.45) is 1.53. The van der Waals surface area contributed by atoms with E-state index in [0.29, 0.717) is 11.2 Å². The summed E-state index contributed by atoms with van der Waals surface area (Å²) >= 11 is 0. The Morgan fingerprint density at radius 1 is 1.25 bits per heavy atom. The molecule has 110 valence electrons. The first-order chi connectivity index (χ1) is 8.38. The maximum Gasteiger partial charge on any atom is 0.238 e. The summed E-state index contributed by atoms with van der Waals surface area (Å²) in [7, 11) is -3.78. The van der Waals surface area contributed by atoms with Crippen molar-refractivity contribution in [2.24, 2.45) is 10.9 Å². The SMILES string of the molecule is Cl.Cl.N=C(N)Nc1nccc2ccc(S(N)(=O)=O)cc12. The van der Waals surface area contributed by atoms with Crippen LogP contribution >= 0.6 is 24.8 Å². The van der Waals surface area contributed by atoms with E-state index in [1.807, 2.05) is 0 Å². The Labute approximate surface area is 128 Å². The maximum atomic E-state index is 11.3. The number of fused-ring (bicyclic) bond motifs is 1. The molecule has 0 aliphatic rings. The lowest BCUT2D eigenvalue weighted by atomic mass is 10.1. The lowest BCUT2D eigenvalue weighted by Crippen LogP contribution is -2.21. The standard InChI is InChI=1S/C10H11N5O2S.2ClH/c11-10(12)15-9-8-5-7(18(13,16)17)2-1-6(8)3-4-14-9;;/h1-5H,(H2,13,16,17)(H4,11,12,14,15);2*1H. The molecule has 10 heteroatoms. The van der Waals surface area contributed by atoms with E-state index in [0.717, 1.165) is 5.39 Å². The number of guanidine groups is 1. The van der Waals surface area contributed by atoms with E-state index >= 15 is 0 Å². The van der Waals surface area contributed by atoms with Crippen molar-refractivity contribution in [1.29, 1.82) is 5.41 Å². The molecule has 2 rings (SSSR count). The summed E-state index contributed by atoms with van der Waals surface area (Å²) < 4.78 is 22.6. The average Bonchev–Trinajstić information content (AvgIpc) is 2.27. The van der Waals surface area contributed by atoms with Crippen LogP contribution in [-0.2, 0) is 10.0 Å². The minimum Gasteiger partial charge on any atom is -0.370 e. The van der Waals surface area contributed by atoms with Crippen LogP contribution in [0.25, 0.3) is 10.8 Å². The first-order valence-corrected chi connectivity index (χ1v) is 6.45. The highest BCUT2D eigenvalue weighted by Gasteiger charge is 2.10. The van der Waals surface area contributed by atoms with Crippen LogP contribution in [0.15, 0.2) is 35.4 Å². The smallest absolute Gasteiger partial charge is 0.238 e. The van der Waals surface area contributed by atoms with Gasteiger partial charge in [0, 0.05) is 11.6 Å². The third kappa shape index (κ3) is 3.94. The van der Waals surface area contributed by atoms with Gasteiger partial charge in [-0.1, -0.05) is 6.07 Å². The van der Waals surface area contributed by atoms with Gasteiger partial charge in [0.25, 0.3) is 0 Å². The predicted octanol–water partition coefficient (Wildman–Crippen LogP) is 1.03. The van der Waals surface area contributed by atoms with Crippen molar-refractivity contribution in [2.45, 2.75) is 4.90 Å². The van der Waals surface area contributed by atoms with Gasteiger partial charge < -0.3 is 11.1 Å². The van der Waals surface area contributed by atoms with Gasteiger partial charge in [-0.05, 0) is 23.6 Å². The lowest BCUT2D eigenvalue weighted by molar-refractivity contribution is 0.598. The van der Waals surface area contributed by atoms with E-state index in [9.17, 15) is 8.42 Å². The van der Waals surface area contributed by atoms with Crippen molar-refractivity contribution < 1.29 is 8.42 Å². The van der Waals surface area contributed by atoms with Crippen molar-refractivity contribution in [3.63, 3.8) is 0 Å². The van der Waals surface area contributed by atoms with Gasteiger partial charge in [0.1, 0.15) is 5.82 Å². The molecule has 7 nitrogen and oxygen atoms in total. The van der Waals surface area contributed by atoms with Gasteiger partial charge in [0.15, 0.2) is 5.96 Å². The topological polar surface area (TPSA) is 135 Å². The van der Waals surface area contributed by atoms with Gasteiger partial charge in [-0.15, -0.1) is 24.8 Å². The van der Waals surface area contributed by atoms with Crippen molar-refractivity contribution in [1.82, 2.24) is 4.98 Å². The molecule has 0 bridgehead atoms. The number of rotatable bonds is 2. The Bertz CT molecular complexity index is 736. The van der Waals surface area contributed by atoms with Crippen LogP contribution in [0.1, 0.15) is 0 Å². The number of pyridine rings is 1. The fourth-order valence-electron chi connectivity index (χ4n) is 1.55. The van der Waals surface area contributed by atoms with Crippen LogP contribution in [0.3, 0.4) is 0 Å². The molecule has 1 aromatic carbocycles. The number of nitrogens with zero attached hydrogens (tertiary/aromatic N) is 1. The quantitative estimate of drug-likeness (QED) is 0.479. The molecular formula is C10H13Cl2N5O2S. The number of benzene rings is 1. The van der Waals surface area contributed by atoms with Crippen molar-refractivity contribution in [2.75, 3.05) is 5.32 Å². The highest BCUT2D eigenvalue weighted by molar-refractivity contribution is 7.89. The first-order valence-electron chi connectivity index (χ1n) is 4.90. The third-order valence-corrected chi connectivity index (χ3v) is 3.23. The highest BCUT2D eigenvalue weighted by Crippen LogP contribution is 2.23. The number of nitrogens with one attached hydrogen (secondary N) is 2. The molecule has 1 heterocycles. The van der Waals surface area contributed by atoms with E-state index < -0.39 is 10.0 Å². The highest BCUT2D eigenvalue weighted by atomic mass is 35.5. The molecule has 0 aliphatic heterocycles. The number of sulfonamides is 1. The molecule has 0 fully saturated rings. The number of hydrogen-bond acceptors (Lipinski definition) is 4. The van der Waals surface area contributed by atoms with E-state index in [-0.39, 0.29) is 35.7 Å². The molecule has 0 aliphatic carbocycles. The third-order valence-electron chi connectivity index (χ3n) is 2.32. The molecule has 2 aromatic rings. The van der Waals surface area contributed by atoms with E-state index in [2.05, 4.69) is 10.3 Å². The fraction of sp³-hybridized carbons (Fsp3) is 0. The Kier molecular flexibility index (Phi) is 6.17. The Hall–Kier alpha value is -1.61. The van der Waals surface area contributed by atoms with Gasteiger partial charge in [-0.3, -0.25) is 5.41 Å². The van der Waals surface area contributed by atoms with Gasteiger partial charge in [-0.25, -0.2) is 18.5 Å². The maximum absolute atomic E-state index is 11.3. The molecule has 6 N–H and O–H groups in total. The summed E-state index contributed by atoms with van der Waals surface area (Å²) in [5, 5.41) is 16.1.